The number of nitrogen functional groups attached to an aromatic ring is 1. The summed E-state index contributed by atoms with van der Waals surface area (Å²) in [4.78, 5) is 12.0. The molecule has 112 valence electrons. The van der Waals surface area contributed by atoms with Crippen LogP contribution in [0.5, 0.6) is 0 Å². The highest BCUT2D eigenvalue weighted by Crippen LogP contribution is 2.19. The minimum absolute atomic E-state index is 0.0102. The van der Waals surface area contributed by atoms with Crippen LogP contribution in [-0.4, -0.2) is 20.6 Å². The quantitative estimate of drug-likeness (QED) is 0.821. The van der Waals surface area contributed by atoms with Gasteiger partial charge in [-0.3, -0.25) is 9.00 Å². The number of nitrogens with one attached hydrogen (secondary N) is 1. The molecule has 3 N–H and O–H groups in total. The minimum Gasteiger partial charge on any atom is -0.399 e. The van der Waals surface area contributed by atoms with Crippen molar-refractivity contribution in [3.8, 4) is 0 Å². The first kappa shape index (κ1) is 16.6. The maximum Gasteiger partial charge on any atom is 0.239 e. The smallest absolute Gasteiger partial charge is 0.239 e. The highest BCUT2D eigenvalue weighted by Gasteiger charge is 2.26. The zero-order valence-corrected chi connectivity index (χ0v) is 13.0. The van der Waals surface area contributed by atoms with Gasteiger partial charge in [0.2, 0.25) is 5.91 Å². The van der Waals surface area contributed by atoms with Crippen molar-refractivity contribution in [1.82, 2.24) is 0 Å². The molecule has 4 nitrogen and oxygen atoms in total. The molecule has 0 aliphatic heterocycles. The van der Waals surface area contributed by atoms with Gasteiger partial charge in [-0.15, -0.1) is 0 Å². The molecule has 0 heterocycles. The van der Waals surface area contributed by atoms with Gasteiger partial charge in [0, 0.05) is 21.7 Å². The van der Waals surface area contributed by atoms with Crippen LogP contribution < -0.4 is 11.1 Å². The number of anilines is 2. The second kappa shape index (κ2) is 6.83. The largest absolute Gasteiger partial charge is 0.399 e. The molecule has 0 spiro atoms. The molecule has 0 saturated carbocycles. The SMILES string of the molecule is CC(C)C(C)S(=O)C(C)C(=O)Nc1cc(N)ccc1F. The van der Waals surface area contributed by atoms with Gasteiger partial charge in [-0.25, -0.2) is 4.39 Å². The maximum atomic E-state index is 13.5. The molecule has 1 amide bonds. The molecule has 20 heavy (non-hydrogen) atoms. The molecule has 0 radical (unpaired) electrons. The Morgan fingerprint density at radius 2 is 1.90 bits per heavy atom. The van der Waals surface area contributed by atoms with Crippen LogP contribution in [0.2, 0.25) is 0 Å². The third-order valence-electron chi connectivity index (χ3n) is 3.27. The highest BCUT2D eigenvalue weighted by molar-refractivity contribution is 7.87. The number of halogens is 1. The molecule has 0 saturated heterocycles. The number of nitrogens with two attached hydrogens (primary N) is 1. The van der Waals surface area contributed by atoms with Crippen LogP contribution in [0, 0.1) is 11.7 Å². The standard InChI is InChI=1S/C14H21FN2O2S/c1-8(2)9(3)20(19)10(4)14(18)17-13-7-11(16)5-6-12(13)15/h5-10H,16H2,1-4H3,(H,17,18). The Balaban J connectivity index is 2.80. The minimum atomic E-state index is -1.32. The van der Waals surface area contributed by atoms with E-state index in [4.69, 9.17) is 5.73 Å². The van der Waals surface area contributed by atoms with Gasteiger partial charge < -0.3 is 11.1 Å². The van der Waals surface area contributed by atoms with Crippen molar-refractivity contribution >= 4 is 28.1 Å². The lowest BCUT2D eigenvalue weighted by molar-refractivity contribution is -0.115. The summed E-state index contributed by atoms with van der Waals surface area (Å²) in [6.07, 6.45) is 0. The number of amides is 1. The molecule has 1 rings (SSSR count). The Hall–Kier alpha value is -1.43. The Morgan fingerprint density at radius 1 is 1.30 bits per heavy atom. The lowest BCUT2D eigenvalue weighted by Crippen LogP contribution is -2.35. The molecule has 3 atom stereocenters. The van der Waals surface area contributed by atoms with Gasteiger partial charge in [-0.2, -0.15) is 0 Å². The second-order valence-electron chi connectivity index (χ2n) is 5.15. The summed E-state index contributed by atoms with van der Waals surface area (Å²) in [6.45, 7) is 7.32. The lowest BCUT2D eigenvalue weighted by atomic mass is 10.2. The summed E-state index contributed by atoms with van der Waals surface area (Å²) in [5.74, 6) is -0.835. The van der Waals surface area contributed by atoms with E-state index in [-0.39, 0.29) is 16.9 Å². The van der Waals surface area contributed by atoms with Crippen LogP contribution in [0.4, 0.5) is 15.8 Å². The monoisotopic (exact) mass is 300 g/mol. The van der Waals surface area contributed by atoms with Gasteiger partial charge in [0.1, 0.15) is 11.1 Å². The van der Waals surface area contributed by atoms with Crippen LogP contribution in [0.1, 0.15) is 27.7 Å². The molecule has 0 aliphatic rings. The zero-order chi connectivity index (χ0) is 15.4. The van der Waals surface area contributed by atoms with Crippen molar-refractivity contribution in [3.63, 3.8) is 0 Å². The molecule has 1 aromatic carbocycles. The van der Waals surface area contributed by atoms with E-state index in [9.17, 15) is 13.4 Å². The van der Waals surface area contributed by atoms with Crippen molar-refractivity contribution in [2.75, 3.05) is 11.1 Å². The number of hydrogen-bond acceptors (Lipinski definition) is 3. The van der Waals surface area contributed by atoms with Crippen molar-refractivity contribution in [2.24, 2.45) is 5.92 Å². The summed E-state index contributed by atoms with van der Waals surface area (Å²) in [5.41, 5.74) is 5.91. The molecule has 1 aromatic rings. The first-order valence-electron chi connectivity index (χ1n) is 6.49. The fraction of sp³-hybridized carbons (Fsp3) is 0.500. The van der Waals surface area contributed by atoms with Crippen molar-refractivity contribution < 1.29 is 13.4 Å². The molecule has 0 aromatic heterocycles. The molecular formula is C14H21FN2O2S. The van der Waals surface area contributed by atoms with E-state index in [1.165, 1.54) is 18.2 Å². The summed E-state index contributed by atoms with van der Waals surface area (Å²) < 4.78 is 25.7. The van der Waals surface area contributed by atoms with E-state index >= 15 is 0 Å². The van der Waals surface area contributed by atoms with E-state index in [1.54, 1.807) is 6.92 Å². The Kier molecular flexibility index (Phi) is 5.68. The van der Waals surface area contributed by atoms with Crippen LogP contribution in [0.15, 0.2) is 18.2 Å². The summed E-state index contributed by atoms with van der Waals surface area (Å²) >= 11 is 0. The number of hydrogen-bond donors (Lipinski definition) is 2. The predicted molar refractivity (Wildman–Crippen MR) is 81.3 cm³/mol. The Labute approximate surface area is 121 Å². The Bertz CT molecular complexity index is 520. The average Bonchev–Trinajstić information content (AvgIpc) is 2.40. The summed E-state index contributed by atoms with van der Waals surface area (Å²) in [7, 11) is -1.32. The van der Waals surface area contributed by atoms with Crippen LogP contribution in [0.3, 0.4) is 0 Å². The molecule has 0 fully saturated rings. The lowest BCUT2D eigenvalue weighted by Gasteiger charge is -2.20. The summed E-state index contributed by atoms with van der Waals surface area (Å²) in [6, 6.07) is 3.94. The van der Waals surface area contributed by atoms with Crippen LogP contribution in [-0.2, 0) is 15.6 Å². The molecule has 3 unspecified atom stereocenters. The normalized spacial score (nSPS) is 15.7. The zero-order valence-electron chi connectivity index (χ0n) is 12.1. The van der Waals surface area contributed by atoms with Crippen molar-refractivity contribution in [2.45, 2.75) is 38.2 Å². The topological polar surface area (TPSA) is 72.2 Å². The fourth-order valence-electron chi connectivity index (χ4n) is 1.57. The molecule has 0 bridgehead atoms. The van der Waals surface area contributed by atoms with Crippen LogP contribution >= 0.6 is 0 Å². The van der Waals surface area contributed by atoms with Gasteiger partial charge in [0.25, 0.3) is 0 Å². The van der Waals surface area contributed by atoms with E-state index in [1.807, 2.05) is 20.8 Å². The van der Waals surface area contributed by atoms with E-state index in [0.717, 1.165) is 0 Å². The molecule has 6 heteroatoms. The third kappa shape index (κ3) is 4.03. The van der Waals surface area contributed by atoms with Gasteiger partial charge in [-0.05, 0) is 31.0 Å². The first-order valence-corrected chi connectivity index (χ1v) is 7.77. The van der Waals surface area contributed by atoms with E-state index in [0.29, 0.717) is 5.69 Å². The van der Waals surface area contributed by atoms with E-state index in [2.05, 4.69) is 5.32 Å². The number of rotatable bonds is 5. The predicted octanol–water partition coefficient (Wildman–Crippen LogP) is 2.53. The fourth-order valence-corrected chi connectivity index (χ4v) is 3.02. The first-order chi connectivity index (χ1) is 9.23. The molecule has 0 aliphatic carbocycles. The molecular weight excluding hydrogens is 279 g/mol. The summed E-state index contributed by atoms with van der Waals surface area (Å²) in [5, 5.41) is 1.61. The third-order valence-corrected chi connectivity index (χ3v) is 5.46. The number of carbonyl (C=O) groups excluding carboxylic acids is 1. The van der Waals surface area contributed by atoms with Crippen molar-refractivity contribution in [3.05, 3.63) is 24.0 Å². The highest BCUT2D eigenvalue weighted by atomic mass is 32.2. The number of carbonyl (C=O) groups is 1. The van der Waals surface area contributed by atoms with Gasteiger partial charge in [0.15, 0.2) is 0 Å². The van der Waals surface area contributed by atoms with Gasteiger partial charge in [-0.1, -0.05) is 20.8 Å². The number of benzene rings is 1. The van der Waals surface area contributed by atoms with Gasteiger partial charge in [0.05, 0.1) is 5.69 Å². The van der Waals surface area contributed by atoms with Gasteiger partial charge >= 0.3 is 0 Å². The van der Waals surface area contributed by atoms with Crippen molar-refractivity contribution in [1.29, 1.82) is 0 Å². The van der Waals surface area contributed by atoms with E-state index < -0.39 is 27.8 Å². The maximum absolute atomic E-state index is 13.5. The van der Waals surface area contributed by atoms with Crippen LogP contribution in [0.25, 0.3) is 0 Å². The average molecular weight is 300 g/mol. The Morgan fingerprint density at radius 3 is 2.45 bits per heavy atom. The second-order valence-corrected chi connectivity index (χ2v) is 7.26.